The van der Waals surface area contributed by atoms with E-state index in [1.165, 1.54) is 5.56 Å². The number of hydrogen-bond acceptors (Lipinski definition) is 4. The number of benzene rings is 1. The lowest BCUT2D eigenvalue weighted by Crippen LogP contribution is -2.39. The summed E-state index contributed by atoms with van der Waals surface area (Å²) < 4.78 is 1.86. The van der Waals surface area contributed by atoms with Crippen molar-refractivity contribution in [3.8, 4) is 0 Å². The third-order valence-electron chi connectivity index (χ3n) is 5.57. The first-order valence-corrected chi connectivity index (χ1v) is 9.06. The lowest BCUT2D eigenvalue weighted by Gasteiger charge is -2.28. The lowest BCUT2D eigenvalue weighted by atomic mass is 9.86. The Morgan fingerprint density at radius 2 is 2.08 bits per heavy atom. The maximum absolute atomic E-state index is 12.2. The van der Waals surface area contributed by atoms with Crippen LogP contribution in [0.2, 0.25) is 0 Å². The van der Waals surface area contributed by atoms with E-state index in [1.807, 2.05) is 11.7 Å². The first-order chi connectivity index (χ1) is 12.0. The van der Waals surface area contributed by atoms with E-state index in [2.05, 4.69) is 40.9 Å². The van der Waals surface area contributed by atoms with Gasteiger partial charge in [-0.25, -0.2) is 0 Å². The minimum Gasteiger partial charge on any atom is -0.314 e. The van der Waals surface area contributed by atoms with Crippen molar-refractivity contribution in [2.45, 2.75) is 50.5 Å². The van der Waals surface area contributed by atoms with Gasteiger partial charge in [0, 0.05) is 24.9 Å². The largest absolute Gasteiger partial charge is 0.314 e. The molecule has 2 fully saturated rings. The maximum atomic E-state index is 12.2. The molecule has 1 aromatic carbocycles. The molecule has 0 saturated carbocycles. The summed E-state index contributed by atoms with van der Waals surface area (Å²) in [6, 6.07) is 7.05. The van der Waals surface area contributed by atoms with Crippen LogP contribution in [0, 0.1) is 0 Å². The number of fused-ring (bicyclic) bond motifs is 1. The first-order valence-electron chi connectivity index (χ1n) is 9.06. The van der Waals surface area contributed by atoms with E-state index in [1.54, 1.807) is 0 Å². The second-order valence-corrected chi connectivity index (χ2v) is 7.37. The van der Waals surface area contributed by atoms with Crippen molar-refractivity contribution in [1.29, 1.82) is 0 Å². The van der Waals surface area contributed by atoms with E-state index >= 15 is 0 Å². The van der Waals surface area contributed by atoms with Gasteiger partial charge >= 0.3 is 0 Å². The number of carbonyl (C=O) groups is 2. The molecule has 2 saturated heterocycles. The molecular weight excluding hydrogens is 316 g/mol. The normalized spacial score (nSPS) is 27.5. The van der Waals surface area contributed by atoms with Crippen LogP contribution in [0.15, 0.2) is 18.2 Å². The van der Waals surface area contributed by atoms with Crippen LogP contribution in [0.4, 0.5) is 0 Å². The third kappa shape index (κ3) is 2.95. The molecule has 3 atom stereocenters. The van der Waals surface area contributed by atoms with Gasteiger partial charge in [-0.2, -0.15) is 5.10 Å². The fourth-order valence-corrected chi connectivity index (χ4v) is 4.20. The number of nitrogens with one attached hydrogen (secondary N) is 2. The van der Waals surface area contributed by atoms with E-state index in [0.717, 1.165) is 36.0 Å². The molecule has 2 N–H and O–H groups in total. The number of piperidine rings is 2. The van der Waals surface area contributed by atoms with E-state index < -0.39 is 0 Å². The summed E-state index contributed by atoms with van der Waals surface area (Å²) >= 11 is 0. The van der Waals surface area contributed by atoms with Gasteiger partial charge in [-0.1, -0.05) is 12.1 Å². The minimum atomic E-state index is -0.342. The Morgan fingerprint density at radius 3 is 2.84 bits per heavy atom. The van der Waals surface area contributed by atoms with Gasteiger partial charge in [-0.05, 0) is 50.3 Å². The average molecular weight is 340 g/mol. The van der Waals surface area contributed by atoms with E-state index in [4.69, 9.17) is 0 Å². The molecule has 6 nitrogen and oxygen atoms in total. The van der Waals surface area contributed by atoms with E-state index in [9.17, 15) is 9.59 Å². The van der Waals surface area contributed by atoms with Crippen molar-refractivity contribution < 1.29 is 9.59 Å². The van der Waals surface area contributed by atoms with E-state index in [-0.39, 0.29) is 17.7 Å². The molecule has 2 aromatic rings. The fourth-order valence-electron chi connectivity index (χ4n) is 4.20. The number of aryl methyl sites for hydroxylation is 1. The van der Waals surface area contributed by atoms with Crippen LogP contribution >= 0.6 is 0 Å². The van der Waals surface area contributed by atoms with Crippen molar-refractivity contribution in [2.24, 2.45) is 7.05 Å². The minimum absolute atomic E-state index is 0.191. The number of carbonyl (C=O) groups excluding carboxylic acids is 2. The Labute approximate surface area is 147 Å². The molecule has 0 spiro atoms. The zero-order chi connectivity index (χ0) is 17.6. The van der Waals surface area contributed by atoms with Crippen LogP contribution in [0.1, 0.15) is 55.7 Å². The van der Waals surface area contributed by atoms with Crippen LogP contribution in [-0.4, -0.2) is 34.2 Å². The molecular formula is C19H24N4O2. The van der Waals surface area contributed by atoms with Crippen LogP contribution < -0.4 is 10.6 Å². The summed E-state index contributed by atoms with van der Waals surface area (Å²) in [6.07, 6.45) is 3.20. The number of nitrogens with zero attached hydrogens (tertiary/aromatic N) is 2. The molecule has 25 heavy (non-hydrogen) atoms. The molecule has 0 bridgehead atoms. The number of hydrogen-bond donors (Lipinski definition) is 2. The van der Waals surface area contributed by atoms with Gasteiger partial charge in [0.2, 0.25) is 11.8 Å². The number of imide groups is 1. The van der Waals surface area contributed by atoms with Crippen molar-refractivity contribution in [2.75, 3.05) is 6.54 Å². The Balaban J connectivity index is 1.69. The van der Waals surface area contributed by atoms with Gasteiger partial charge < -0.3 is 5.32 Å². The van der Waals surface area contributed by atoms with Gasteiger partial charge in [-0.15, -0.1) is 0 Å². The molecule has 4 rings (SSSR count). The summed E-state index contributed by atoms with van der Waals surface area (Å²) in [5, 5.41) is 11.6. The molecule has 1 aromatic heterocycles. The van der Waals surface area contributed by atoms with Gasteiger partial charge in [0.05, 0.1) is 17.1 Å². The number of amides is 2. The SMILES string of the molecule is C[C@@H]1CC(c2ccc3c(C4CCC(=O)NC4=O)nn(C)c3c2)CCN1. The molecule has 0 radical (unpaired) electrons. The summed E-state index contributed by atoms with van der Waals surface area (Å²) in [5.74, 6) is -0.197. The van der Waals surface area contributed by atoms with Crippen molar-refractivity contribution in [1.82, 2.24) is 20.4 Å². The Bertz CT molecular complexity index is 841. The molecule has 0 aliphatic carbocycles. The predicted molar refractivity (Wildman–Crippen MR) is 95.3 cm³/mol. The third-order valence-corrected chi connectivity index (χ3v) is 5.57. The lowest BCUT2D eigenvalue weighted by molar-refractivity contribution is -0.134. The van der Waals surface area contributed by atoms with Gasteiger partial charge in [0.25, 0.3) is 0 Å². The van der Waals surface area contributed by atoms with Gasteiger partial charge in [0.15, 0.2) is 0 Å². The summed E-state index contributed by atoms with van der Waals surface area (Å²) in [7, 11) is 1.92. The quantitative estimate of drug-likeness (QED) is 0.820. The van der Waals surface area contributed by atoms with Crippen molar-refractivity contribution >= 4 is 22.7 Å². The Kier molecular flexibility index (Phi) is 4.07. The van der Waals surface area contributed by atoms with Gasteiger partial charge in [0.1, 0.15) is 0 Å². The average Bonchev–Trinajstić information content (AvgIpc) is 2.91. The molecule has 132 valence electrons. The van der Waals surface area contributed by atoms with Gasteiger partial charge in [-0.3, -0.25) is 19.6 Å². The molecule has 3 heterocycles. The maximum Gasteiger partial charge on any atom is 0.235 e. The Morgan fingerprint density at radius 1 is 1.24 bits per heavy atom. The summed E-state index contributed by atoms with van der Waals surface area (Å²) in [4.78, 5) is 23.6. The number of aromatic nitrogens is 2. The topological polar surface area (TPSA) is 76.0 Å². The van der Waals surface area contributed by atoms with E-state index in [0.29, 0.717) is 24.8 Å². The predicted octanol–water partition coefficient (Wildman–Crippen LogP) is 1.95. The van der Waals surface area contributed by atoms with Crippen molar-refractivity contribution in [3.05, 3.63) is 29.5 Å². The second kappa shape index (κ2) is 6.26. The molecule has 6 heteroatoms. The highest BCUT2D eigenvalue weighted by Crippen LogP contribution is 2.34. The molecule has 2 aliphatic rings. The molecule has 2 amide bonds. The fraction of sp³-hybridized carbons (Fsp3) is 0.526. The standard InChI is InChI=1S/C19H24N4O2/c1-11-9-13(7-8-20-11)12-3-4-14-16(10-12)23(2)22-18(14)15-5-6-17(24)21-19(15)25/h3-4,10-11,13,15,20H,5-9H2,1-2H3,(H,21,24,25)/t11-,13?,15?/m1/s1. The summed E-state index contributed by atoms with van der Waals surface area (Å²) in [6.45, 7) is 3.28. The highest BCUT2D eigenvalue weighted by atomic mass is 16.2. The highest BCUT2D eigenvalue weighted by Gasteiger charge is 2.31. The van der Waals surface area contributed by atoms with Crippen LogP contribution in [0.5, 0.6) is 0 Å². The second-order valence-electron chi connectivity index (χ2n) is 7.37. The Hall–Kier alpha value is -2.21. The molecule has 2 aliphatic heterocycles. The zero-order valence-corrected chi connectivity index (χ0v) is 14.7. The first kappa shape index (κ1) is 16.3. The summed E-state index contributed by atoms with van der Waals surface area (Å²) in [5.41, 5.74) is 3.19. The monoisotopic (exact) mass is 340 g/mol. The number of rotatable bonds is 2. The van der Waals surface area contributed by atoms with Crippen LogP contribution in [0.3, 0.4) is 0 Å². The molecule has 2 unspecified atom stereocenters. The zero-order valence-electron chi connectivity index (χ0n) is 14.7. The smallest absolute Gasteiger partial charge is 0.235 e. The van der Waals surface area contributed by atoms with Crippen LogP contribution in [0.25, 0.3) is 10.9 Å². The van der Waals surface area contributed by atoms with Crippen molar-refractivity contribution in [3.63, 3.8) is 0 Å². The van der Waals surface area contributed by atoms with Crippen LogP contribution in [-0.2, 0) is 16.6 Å². The highest BCUT2D eigenvalue weighted by molar-refractivity contribution is 6.02.